The Balaban J connectivity index is 2.91. The molecule has 0 radical (unpaired) electrons. The lowest BCUT2D eigenvalue weighted by Gasteiger charge is -1.82. The van der Waals surface area contributed by atoms with Gasteiger partial charge >= 0.3 is 0 Å². The molecule has 3 heteroatoms. The number of pyridine rings is 1. The minimum absolute atomic E-state index is 0.696. The molecule has 2 rings (SSSR count). The zero-order chi connectivity index (χ0) is 7.52. The Morgan fingerprint density at radius 2 is 2.36 bits per heavy atom. The molecule has 3 nitrogen and oxygen atoms in total. The third-order valence-electron chi connectivity index (χ3n) is 1.34. The summed E-state index contributed by atoms with van der Waals surface area (Å²) in [6.45, 7) is 0. The number of rotatable bonds is 0. The molecule has 0 aromatic carbocycles. The van der Waals surface area contributed by atoms with Gasteiger partial charge < -0.3 is 0 Å². The first kappa shape index (κ1) is 6.01. The molecule has 1 aliphatic heterocycles. The molecule has 0 N–H and O–H groups in total. The number of hydrogen-bond acceptors (Lipinski definition) is 3. The Morgan fingerprint density at radius 3 is 3.36 bits per heavy atom. The van der Waals surface area contributed by atoms with Gasteiger partial charge in [0, 0.05) is 23.5 Å². The zero-order valence-corrected chi connectivity index (χ0v) is 5.73. The van der Waals surface area contributed by atoms with Crippen molar-refractivity contribution in [3.8, 4) is 0 Å². The van der Waals surface area contributed by atoms with Gasteiger partial charge in [-0.2, -0.15) is 0 Å². The zero-order valence-electron chi connectivity index (χ0n) is 5.73. The molecule has 0 aliphatic carbocycles. The first-order valence-electron chi connectivity index (χ1n) is 3.23. The van der Waals surface area contributed by atoms with E-state index in [2.05, 4.69) is 20.8 Å². The van der Waals surface area contributed by atoms with E-state index in [0.29, 0.717) is 5.49 Å². The first-order chi connectivity index (χ1) is 5.47. The topological polar surface area (TPSA) is 37.6 Å². The van der Waals surface area contributed by atoms with E-state index >= 15 is 0 Å². The van der Waals surface area contributed by atoms with Crippen LogP contribution in [0.25, 0.3) is 6.20 Å². The maximum Gasteiger partial charge on any atom is 0.161 e. The van der Waals surface area contributed by atoms with Crippen molar-refractivity contribution in [2.75, 3.05) is 0 Å². The van der Waals surface area contributed by atoms with Gasteiger partial charge in [0.05, 0.1) is 6.20 Å². The van der Waals surface area contributed by atoms with Crippen LogP contribution in [0.1, 0.15) is 0 Å². The smallest absolute Gasteiger partial charge is 0.161 e. The summed E-state index contributed by atoms with van der Waals surface area (Å²) in [4.78, 5) is 11.9. The quantitative estimate of drug-likeness (QED) is 0.488. The summed E-state index contributed by atoms with van der Waals surface area (Å²) in [6, 6.07) is 3.77. The van der Waals surface area contributed by atoms with Crippen LogP contribution in [0.2, 0.25) is 0 Å². The lowest BCUT2D eigenvalue weighted by Crippen LogP contribution is -2.26. The van der Waals surface area contributed by atoms with Crippen molar-refractivity contribution in [3.63, 3.8) is 0 Å². The third kappa shape index (κ3) is 1.09. The fraction of sp³-hybridized carbons (Fsp3) is 0. The standard InChI is InChI=1S/C8H5N3/c1-2-7-6-9-4-5-11-8(7)10-3-1/h1-3,5-6H. The molecule has 0 unspecified atom stereocenters. The minimum atomic E-state index is 0.696. The van der Waals surface area contributed by atoms with E-state index in [1.54, 1.807) is 12.4 Å². The summed E-state index contributed by atoms with van der Waals surface area (Å²) < 4.78 is 0. The normalized spacial score (nSPS) is 12.7. The molecular formula is C8H5N3. The van der Waals surface area contributed by atoms with Crippen molar-refractivity contribution in [2.24, 2.45) is 9.98 Å². The second-order valence-corrected chi connectivity index (χ2v) is 2.06. The van der Waals surface area contributed by atoms with Crippen LogP contribution in [0, 0.1) is 0 Å². The van der Waals surface area contributed by atoms with E-state index in [1.165, 1.54) is 6.20 Å². The largest absolute Gasteiger partial charge is 0.237 e. The van der Waals surface area contributed by atoms with Crippen LogP contribution in [0.4, 0.5) is 0 Å². The van der Waals surface area contributed by atoms with E-state index in [-0.39, 0.29) is 0 Å². The van der Waals surface area contributed by atoms with Crippen molar-refractivity contribution >= 4 is 12.1 Å². The molecule has 0 fully saturated rings. The Kier molecular flexibility index (Phi) is 1.36. The molecule has 0 saturated heterocycles. The van der Waals surface area contributed by atoms with Gasteiger partial charge in [0.1, 0.15) is 0 Å². The molecule has 0 atom stereocenters. The monoisotopic (exact) mass is 143 g/mol. The Morgan fingerprint density at radius 1 is 1.36 bits per heavy atom. The van der Waals surface area contributed by atoms with E-state index in [1.807, 2.05) is 12.1 Å². The third-order valence-corrected chi connectivity index (χ3v) is 1.34. The average Bonchev–Trinajstić information content (AvgIpc) is 2.28. The average molecular weight is 143 g/mol. The van der Waals surface area contributed by atoms with Crippen molar-refractivity contribution in [2.45, 2.75) is 0 Å². The molecule has 11 heavy (non-hydrogen) atoms. The van der Waals surface area contributed by atoms with Gasteiger partial charge in [0.2, 0.25) is 0 Å². The van der Waals surface area contributed by atoms with E-state index < -0.39 is 0 Å². The second-order valence-electron chi connectivity index (χ2n) is 2.06. The maximum atomic E-state index is 4.05. The highest BCUT2D eigenvalue weighted by molar-refractivity contribution is 5.56. The first-order valence-corrected chi connectivity index (χ1v) is 3.23. The van der Waals surface area contributed by atoms with Gasteiger partial charge in [-0.1, -0.05) is 0 Å². The summed E-state index contributed by atoms with van der Waals surface area (Å²) in [5.74, 6) is 2.63. The minimum Gasteiger partial charge on any atom is -0.237 e. The second kappa shape index (κ2) is 2.48. The molecule has 0 bridgehead atoms. The summed E-state index contributed by atoms with van der Waals surface area (Å²) in [7, 11) is 0. The molecule has 52 valence electrons. The predicted molar refractivity (Wildman–Crippen MR) is 41.5 cm³/mol. The molecule has 1 aromatic heterocycles. The SMILES string of the molecule is C1=CN=c2ncccc2=CN=1. The maximum absolute atomic E-state index is 4.05. The van der Waals surface area contributed by atoms with Gasteiger partial charge in [-0.05, 0) is 12.1 Å². The van der Waals surface area contributed by atoms with Crippen LogP contribution in [-0.2, 0) is 0 Å². The molecule has 1 aliphatic rings. The fourth-order valence-electron chi connectivity index (χ4n) is 0.848. The number of nitrogens with zero attached hydrogens (tertiary/aromatic N) is 3. The van der Waals surface area contributed by atoms with Crippen LogP contribution >= 0.6 is 0 Å². The molecule has 2 heterocycles. The van der Waals surface area contributed by atoms with E-state index in [4.69, 9.17) is 0 Å². The van der Waals surface area contributed by atoms with Gasteiger partial charge in [0.15, 0.2) is 5.49 Å². The highest BCUT2D eigenvalue weighted by Crippen LogP contribution is 1.72. The van der Waals surface area contributed by atoms with Gasteiger partial charge in [-0.25, -0.2) is 15.0 Å². The van der Waals surface area contributed by atoms with Crippen molar-refractivity contribution in [1.29, 1.82) is 0 Å². The Hall–Kier alpha value is -1.73. The van der Waals surface area contributed by atoms with Crippen molar-refractivity contribution in [1.82, 2.24) is 4.98 Å². The van der Waals surface area contributed by atoms with Crippen molar-refractivity contribution < 1.29 is 0 Å². The lowest BCUT2D eigenvalue weighted by atomic mass is 10.4. The fourth-order valence-corrected chi connectivity index (χ4v) is 0.848. The van der Waals surface area contributed by atoms with Crippen LogP contribution in [-0.4, -0.2) is 10.9 Å². The van der Waals surface area contributed by atoms with Crippen LogP contribution in [0.3, 0.4) is 0 Å². The van der Waals surface area contributed by atoms with E-state index in [9.17, 15) is 0 Å². The molecular weight excluding hydrogens is 138 g/mol. The summed E-state index contributed by atoms with van der Waals surface area (Å²) >= 11 is 0. The van der Waals surface area contributed by atoms with Crippen LogP contribution in [0.15, 0.2) is 34.5 Å². The highest BCUT2D eigenvalue weighted by atomic mass is 14.8. The highest BCUT2D eigenvalue weighted by Gasteiger charge is 1.85. The lowest BCUT2D eigenvalue weighted by molar-refractivity contribution is 1.12. The number of aliphatic imine (C=N–C) groups is 1. The van der Waals surface area contributed by atoms with E-state index in [0.717, 1.165) is 5.22 Å². The number of fused-ring (bicyclic) bond motifs is 1. The van der Waals surface area contributed by atoms with Crippen LogP contribution in [0.5, 0.6) is 0 Å². The van der Waals surface area contributed by atoms with Gasteiger partial charge in [-0.3, -0.25) is 0 Å². The molecule has 0 spiro atoms. The van der Waals surface area contributed by atoms with Gasteiger partial charge in [0.25, 0.3) is 0 Å². The predicted octanol–water partition coefficient (Wildman–Crippen LogP) is -0.364. The van der Waals surface area contributed by atoms with Crippen molar-refractivity contribution in [3.05, 3.63) is 35.2 Å². The Bertz CT molecular complexity index is 400. The molecule has 1 aromatic rings. The van der Waals surface area contributed by atoms with Gasteiger partial charge in [-0.15, -0.1) is 0 Å². The molecule has 0 amide bonds. The van der Waals surface area contributed by atoms with Crippen LogP contribution < -0.4 is 10.7 Å². The summed E-state index contributed by atoms with van der Waals surface area (Å²) in [5.41, 5.74) is 0.696. The summed E-state index contributed by atoms with van der Waals surface area (Å²) in [6.07, 6.45) is 4.90. The molecule has 0 saturated carbocycles. The number of aromatic nitrogens is 1. The Labute approximate surface area is 63.2 Å². The summed E-state index contributed by atoms with van der Waals surface area (Å²) in [5, 5.41) is 0.925. The number of hydrogen-bond donors (Lipinski definition) is 0.